The van der Waals surface area contributed by atoms with E-state index in [1.165, 1.54) is 0 Å². The number of carbonyl (C=O) groups is 1. The predicted octanol–water partition coefficient (Wildman–Crippen LogP) is 1.02. The summed E-state index contributed by atoms with van der Waals surface area (Å²) < 4.78 is 0. The molecular weight excluding hydrogens is 166 g/mol. The van der Waals surface area contributed by atoms with Crippen molar-refractivity contribution in [2.75, 3.05) is 19.7 Å². The summed E-state index contributed by atoms with van der Waals surface area (Å²) in [6.45, 7) is 6.02. The van der Waals surface area contributed by atoms with Gasteiger partial charge in [0.25, 0.3) is 0 Å². The molecule has 1 aliphatic heterocycles. The van der Waals surface area contributed by atoms with Crippen molar-refractivity contribution in [3.8, 4) is 0 Å². The van der Waals surface area contributed by atoms with E-state index in [0.717, 1.165) is 25.9 Å². The molecule has 13 heavy (non-hydrogen) atoms. The van der Waals surface area contributed by atoms with Crippen LogP contribution in [-0.4, -0.2) is 35.6 Å². The van der Waals surface area contributed by atoms with Gasteiger partial charge in [0, 0.05) is 26.1 Å². The maximum Gasteiger partial charge on any atom is 0.223 e. The van der Waals surface area contributed by atoms with Crippen LogP contribution in [0.15, 0.2) is 0 Å². The topological polar surface area (TPSA) is 40.5 Å². The van der Waals surface area contributed by atoms with Gasteiger partial charge in [0.15, 0.2) is 0 Å². The minimum atomic E-state index is 0.0149. The molecule has 1 aliphatic rings. The number of nitrogens with zero attached hydrogens (tertiary/aromatic N) is 1. The fourth-order valence-electron chi connectivity index (χ4n) is 1.99. The van der Waals surface area contributed by atoms with E-state index in [0.29, 0.717) is 6.42 Å². The van der Waals surface area contributed by atoms with Crippen LogP contribution in [0.25, 0.3) is 0 Å². The summed E-state index contributed by atoms with van der Waals surface area (Å²) in [5.41, 5.74) is 0.0149. The van der Waals surface area contributed by atoms with Crippen LogP contribution in [0, 0.1) is 5.41 Å². The summed E-state index contributed by atoms with van der Waals surface area (Å²) >= 11 is 0. The molecule has 76 valence electrons. The van der Waals surface area contributed by atoms with Crippen molar-refractivity contribution in [2.24, 2.45) is 5.41 Å². The predicted molar refractivity (Wildman–Crippen MR) is 51.3 cm³/mol. The molecule has 1 fully saturated rings. The number of amides is 1. The van der Waals surface area contributed by atoms with E-state index in [2.05, 4.69) is 13.8 Å². The van der Waals surface area contributed by atoms with Crippen molar-refractivity contribution >= 4 is 5.91 Å². The normalized spacial score (nSPS) is 28.5. The summed E-state index contributed by atoms with van der Waals surface area (Å²) in [6.07, 6.45) is 2.35. The molecule has 0 aromatic heterocycles. The third-order valence-corrected chi connectivity index (χ3v) is 2.71. The van der Waals surface area contributed by atoms with E-state index in [1.807, 2.05) is 4.90 Å². The second kappa shape index (κ2) is 4.09. The molecule has 3 heteroatoms. The number of aliphatic hydroxyl groups is 1. The van der Waals surface area contributed by atoms with E-state index in [9.17, 15) is 4.79 Å². The Bertz CT molecular complexity index is 193. The van der Waals surface area contributed by atoms with Gasteiger partial charge in [0.05, 0.1) is 0 Å². The lowest BCUT2D eigenvalue weighted by molar-refractivity contribution is -0.127. The zero-order chi connectivity index (χ0) is 9.90. The van der Waals surface area contributed by atoms with Crippen LogP contribution in [0.3, 0.4) is 0 Å². The zero-order valence-corrected chi connectivity index (χ0v) is 8.55. The van der Waals surface area contributed by atoms with Crippen molar-refractivity contribution in [3.05, 3.63) is 0 Å². The largest absolute Gasteiger partial charge is 0.396 e. The number of aliphatic hydroxyl groups excluding tert-OH is 1. The van der Waals surface area contributed by atoms with Gasteiger partial charge in [-0.25, -0.2) is 0 Å². The van der Waals surface area contributed by atoms with E-state index in [1.54, 1.807) is 0 Å². The fraction of sp³-hybridized carbons (Fsp3) is 0.900. The highest BCUT2D eigenvalue weighted by Gasteiger charge is 2.38. The number of rotatable bonds is 4. The Kier molecular flexibility index (Phi) is 3.31. The molecular formula is C10H19NO2. The first-order valence-electron chi connectivity index (χ1n) is 5.00. The highest BCUT2D eigenvalue weighted by atomic mass is 16.3. The molecule has 0 aromatic carbocycles. The third-order valence-electron chi connectivity index (χ3n) is 2.71. The van der Waals surface area contributed by atoms with Crippen molar-refractivity contribution in [1.29, 1.82) is 0 Å². The molecule has 0 aromatic rings. The third kappa shape index (κ3) is 2.44. The number of likely N-dealkylation sites (tertiary alicyclic amines) is 1. The van der Waals surface area contributed by atoms with Gasteiger partial charge in [0.1, 0.15) is 0 Å². The van der Waals surface area contributed by atoms with Gasteiger partial charge in [-0.2, -0.15) is 0 Å². The monoisotopic (exact) mass is 185 g/mol. The Balaban J connectivity index is 2.53. The quantitative estimate of drug-likeness (QED) is 0.710. The minimum absolute atomic E-state index is 0.0149. The molecule has 0 bridgehead atoms. The molecule has 1 atom stereocenters. The van der Waals surface area contributed by atoms with Crippen molar-refractivity contribution in [1.82, 2.24) is 4.90 Å². The number of hydrogen-bond acceptors (Lipinski definition) is 2. The van der Waals surface area contributed by atoms with Crippen LogP contribution < -0.4 is 0 Å². The van der Waals surface area contributed by atoms with Crippen LogP contribution in [0.2, 0.25) is 0 Å². The first kappa shape index (κ1) is 10.5. The fourth-order valence-corrected chi connectivity index (χ4v) is 1.99. The zero-order valence-electron chi connectivity index (χ0n) is 8.55. The summed E-state index contributed by atoms with van der Waals surface area (Å²) in [5.74, 6) is 0.248. The van der Waals surface area contributed by atoms with Gasteiger partial charge >= 0.3 is 0 Å². The molecule has 1 unspecified atom stereocenters. The van der Waals surface area contributed by atoms with Crippen LogP contribution in [0.1, 0.15) is 33.1 Å². The summed E-state index contributed by atoms with van der Waals surface area (Å²) in [4.78, 5) is 13.4. The van der Waals surface area contributed by atoms with E-state index >= 15 is 0 Å². The van der Waals surface area contributed by atoms with Crippen LogP contribution >= 0.6 is 0 Å². The molecule has 0 aliphatic carbocycles. The van der Waals surface area contributed by atoms with Crippen molar-refractivity contribution in [2.45, 2.75) is 33.1 Å². The van der Waals surface area contributed by atoms with E-state index < -0.39 is 0 Å². The van der Waals surface area contributed by atoms with Gasteiger partial charge < -0.3 is 10.0 Å². The molecule has 1 N–H and O–H groups in total. The first-order valence-corrected chi connectivity index (χ1v) is 5.00. The van der Waals surface area contributed by atoms with Crippen LogP contribution in [0.5, 0.6) is 0 Å². The molecule has 1 amide bonds. The lowest BCUT2D eigenvalue weighted by Gasteiger charge is -2.22. The molecule has 3 nitrogen and oxygen atoms in total. The second-order valence-corrected chi connectivity index (χ2v) is 4.28. The van der Waals surface area contributed by atoms with Gasteiger partial charge in [0.2, 0.25) is 5.91 Å². The van der Waals surface area contributed by atoms with E-state index in [4.69, 9.17) is 5.11 Å². The molecule has 1 rings (SSSR count). The Morgan fingerprint density at radius 2 is 2.31 bits per heavy atom. The summed E-state index contributed by atoms with van der Waals surface area (Å²) in [5, 5.41) is 8.86. The lowest BCUT2D eigenvalue weighted by Crippen LogP contribution is -2.28. The Morgan fingerprint density at radius 1 is 1.62 bits per heavy atom. The molecule has 0 saturated carbocycles. The molecule has 1 heterocycles. The maximum absolute atomic E-state index is 11.5. The SMILES string of the molecule is CCCN1CC(C)(CCO)CC1=O. The van der Waals surface area contributed by atoms with Crippen molar-refractivity contribution < 1.29 is 9.90 Å². The maximum atomic E-state index is 11.5. The highest BCUT2D eigenvalue weighted by molar-refractivity contribution is 5.79. The van der Waals surface area contributed by atoms with E-state index in [-0.39, 0.29) is 17.9 Å². The van der Waals surface area contributed by atoms with Gasteiger partial charge in [-0.3, -0.25) is 4.79 Å². The van der Waals surface area contributed by atoms with Crippen LogP contribution in [-0.2, 0) is 4.79 Å². The minimum Gasteiger partial charge on any atom is -0.396 e. The average molecular weight is 185 g/mol. The number of carbonyl (C=O) groups excluding carboxylic acids is 1. The average Bonchev–Trinajstić information content (AvgIpc) is 2.28. The van der Waals surface area contributed by atoms with Crippen molar-refractivity contribution in [3.63, 3.8) is 0 Å². The summed E-state index contributed by atoms with van der Waals surface area (Å²) in [6, 6.07) is 0. The Morgan fingerprint density at radius 3 is 2.85 bits per heavy atom. The molecule has 1 saturated heterocycles. The van der Waals surface area contributed by atoms with Crippen LogP contribution in [0.4, 0.5) is 0 Å². The second-order valence-electron chi connectivity index (χ2n) is 4.28. The smallest absolute Gasteiger partial charge is 0.223 e. The summed E-state index contributed by atoms with van der Waals surface area (Å²) in [7, 11) is 0. The van der Waals surface area contributed by atoms with Gasteiger partial charge in [-0.05, 0) is 18.3 Å². The molecule has 0 radical (unpaired) electrons. The number of hydrogen-bond donors (Lipinski definition) is 1. The first-order chi connectivity index (χ1) is 6.11. The van der Waals surface area contributed by atoms with Gasteiger partial charge in [-0.15, -0.1) is 0 Å². The van der Waals surface area contributed by atoms with Gasteiger partial charge in [-0.1, -0.05) is 13.8 Å². The highest BCUT2D eigenvalue weighted by Crippen LogP contribution is 2.33. The lowest BCUT2D eigenvalue weighted by atomic mass is 9.86. The standard InChI is InChI=1S/C10H19NO2/c1-3-5-11-8-10(2,4-6-12)7-9(11)13/h12H,3-8H2,1-2H3. The molecule has 0 spiro atoms. The Hall–Kier alpha value is -0.570. The Labute approximate surface area is 79.7 Å².